The molecule has 0 saturated heterocycles. The van der Waals surface area contributed by atoms with Crippen LogP contribution in [0, 0.1) is 5.92 Å². The van der Waals surface area contributed by atoms with E-state index in [1.165, 1.54) is 6.33 Å². The lowest BCUT2D eigenvalue weighted by Gasteiger charge is -2.17. The zero-order chi connectivity index (χ0) is 21.3. The van der Waals surface area contributed by atoms with Crippen LogP contribution in [0.1, 0.15) is 38.8 Å². The Morgan fingerprint density at radius 2 is 2.00 bits per heavy atom. The highest BCUT2D eigenvalue weighted by Gasteiger charge is 2.20. The van der Waals surface area contributed by atoms with E-state index in [0.29, 0.717) is 4.90 Å². The van der Waals surface area contributed by atoms with Gasteiger partial charge in [0.1, 0.15) is 12.0 Å². The Morgan fingerprint density at radius 1 is 1.17 bits per heavy atom. The van der Waals surface area contributed by atoms with Gasteiger partial charge in [0.15, 0.2) is 9.84 Å². The van der Waals surface area contributed by atoms with Gasteiger partial charge in [-0.15, -0.1) is 0 Å². The van der Waals surface area contributed by atoms with Gasteiger partial charge in [-0.2, -0.15) is 5.10 Å². The standard InChI is InChI=1S/C22H25N5O2S/c1-4-20(16-6-5-7-18(10-16)30(28,29)13-15(2)3)27-12-17(11-26-27)21-19-8-9-23-22(19)25-14-24-21/h5-12,14-15,20H,4,13H2,1-3H3,(H,23,24,25). The quantitative estimate of drug-likeness (QED) is 0.480. The van der Waals surface area contributed by atoms with E-state index >= 15 is 0 Å². The number of fused-ring (bicyclic) bond motifs is 1. The van der Waals surface area contributed by atoms with E-state index in [2.05, 4.69) is 27.0 Å². The fourth-order valence-corrected chi connectivity index (χ4v) is 5.43. The Balaban J connectivity index is 1.69. The molecule has 0 radical (unpaired) electrons. The van der Waals surface area contributed by atoms with Crippen LogP contribution in [-0.4, -0.2) is 38.9 Å². The molecule has 4 rings (SSSR count). The zero-order valence-corrected chi connectivity index (χ0v) is 18.1. The molecule has 3 aromatic heterocycles. The van der Waals surface area contributed by atoms with E-state index in [0.717, 1.165) is 34.3 Å². The molecule has 8 heteroatoms. The van der Waals surface area contributed by atoms with Crippen LogP contribution in [0.25, 0.3) is 22.3 Å². The van der Waals surface area contributed by atoms with Gasteiger partial charge in [-0.1, -0.05) is 32.9 Å². The fraction of sp³-hybridized carbons (Fsp3) is 0.318. The zero-order valence-electron chi connectivity index (χ0n) is 17.3. The minimum atomic E-state index is -3.31. The third-order valence-electron chi connectivity index (χ3n) is 5.09. The predicted octanol–water partition coefficient (Wildman–Crippen LogP) is 4.25. The number of benzene rings is 1. The van der Waals surface area contributed by atoms with E-state index in [-0.39, 0.29) is 17.7 Å². The van der Waals surface area contributed by atoms with Crippen LogP contribution in [-0.2, 0) is 9.84 Å². The summed E-state index contributed by atoms with van der Waals surface area (Å²) in [6.07, 6.45) is 7.89. The first-order valence-electron chi connectivity index (χ1n) is 10.0. The second-order valence-corrected chi connectivity index (χ2v) is 9.88. The van der Waals surface area contributed by atoms with E-state index in [4.69, 9.17) is 0 Å². The number of hydrogen-bond acceptors (Lipinski definition) is 5. The molecule has 0 amide bonds. The van der Waals surface area contributed by atoms with Crippen LogP contribution < -0.4 is 0 Å². The monoisotopic (exact) mass is 423 g/mol. The van der Waals surface area contributed by atoms with Crippen molar-refractivity contribution in [2.24, 2.45) is 5.92 Å². The summed E-state index contributed by atoms with van der Waals surface area (Å²) in [6.45, 7) is 5.89. The van der Waals surface area contributed by atoms with Crippen molar-refractivity contribution in [3.8, 4) is 11.3 Å². The molecule has 156 valence electrons. The molecule has 4 aromatic rings. The highest BCUT2D eigenvalue weighted by atomic mass is 32.2. The van der Waals surface area contributed by atoms with Gasteiger partial charge in [0.25, 0.3) is 0 Å². The van der Waals surface area contributed by atoms with Gasteiger partial charge in [-0.25, -0.2) is 18.4 Å². The maximum Gasteiger partial charge on any atom is 0.178 e. The SMILES string of the molecule is CCC(c1cccc(S(=O)(=O)CC(C)C)c1)n1cc(-c2ncnc3[nH]ccc23)cn1. The maximum absolute atomic E-state index is 12.7. The van der Waals surface area contributed by atoms with Gasteiger partial charge in [-0.3, -0.25) is 4.68 Å². The number of H-pyrrole nitrogens is 1. The van der Waals surface area contributed by atoms with Crippen molar-refractivity contribution in [1.29, 1.82) is 0 Å². The molecule has 0 bridgehead atoms. The topological polar surface area (TPSA) is 93.5 Å². The number of hydrogen-bond donors (Lipinski definition) is 1. The van der Waals surface area contributed by atoms with Crippen LogP contribution in [0.15, 0.2) is 60.1 Å². The smallest absolute Gasteiger partial charge is 0.178 e. The van der Waals surface area contributed by atoms with Crippen LogP contribution in [0.5, 0.6) is 0 Å². The molecule has 1 atom stereocenters. The molecule has 0 fully saturated rings. The number of sulfone groups is 1. The van der Waals surface area contributed by atoms with Gasteiger partial charge in [-0.05, 0) is 36.1 Å². The van der Waals surface area contributed by atoms with E-state index < -0.39 is 9.84 Å². The van der Waals surface area contributed by atoms with E-state index in [1.807, 2.05) is 49.1 Å². The summed E-state index contributed by atoms with van der Waals surface area (Å²) in [5, 5.41) is 5.51. The third kappa shape index (κ3) is 3.87. The molecule has 0 aliphatic rings. The first kappa shape index (κ1) is 20.3. The van der Waals surface area contributed by atoms with Crippen molar-refractivity contribution in [3.05, 3.63) is 60.8 Å². The minimum absolute atomic E-state index is 0.0727. The molecule has 30 heavy (non-hydrogen) atoms. The molecule has 1 unspecified atom stereocenters. The van der Waals surface area contributed by atoms with Crippen LogP contribution in [0.4, 0.5) is 0 Å². The Kier molecular flexibility index (Phi) is 5.42. The predicted molar refractivity (Wildman–Crippen MR) is 117 cm³/mol. The van der Waals surface area contributed by atoms with Gasteiger partial charge in [0.2, 0.25) is 0 Å². The van der Waals surface area contributed by atoms with E-state index in [1.54, 1.807) is 18.3 Å². The summed E-state index contributed by atoms with van der Waals surface area (Å²) < 4.78 is 27.3. The largest absolute Gasteiger partial charge is 0.346 e. The number of aromatic nitrogens is 5. The van der Waals surface area contributed by atoms with Crippen molar-refractivity contribution in [1.82, 2.24) is 24.7 Å². The number of nitrogens with one attached hydrogen (secondary N) is 1. The van der Waals surface area contributed by atoms with Gasteiger partial charge < -0.3 is 4.98 Å². The number of rotatable bonds is 7. The normalized spacial score (nSPS) is 13.2. The van der Waals surface area contributed by atoms with Crippen molar-refractivity contribution in [2.45, 2.75) is 38.1 Å². The van der Waals surface area contributed by atoms with Crippen LogP contribution in [0.2, 0.25) is 0 Å². The summed E-state index contributed by atoms with van der Waals surface area (Å²) >= 11 is 0. The highest BCUT2D eigenvalue weighted by molar-refractivity contribution is 7.91. The maximum atomic E-state index is 12.7. The summed E-state index contributed by atoms with van der Waals surface area (Å²) in [7, 11) is -3.31. The van der Waals surface area contributed by atoms with Crippen molar-refractivity contribution in [3.63, 3.8) is 0 Å². The lowest BCUT2D eigenvalue weighted by molar-refractivity contribution is 0.508. The Morgan fingerprint density at radius 3 is 2.77 bits per heavy atom. The Labute approximate surface area is 176 Å². The van der Waals surface area contributed by atoms with E-state index in [9.17, 15) is 8.42 Å². The Bertz CT molecular complexity index is 1270. The third-order valence-corrected chi connectivity index (χ3v) is 7.17. The first-order valence-corrected chi connectivity index (χ1v) is 11.7. The van der Waals surface area contributed by atoms with Crippen molar-refractivity contribution >= 4 is 20.9 Å². The average molecular weight is 424 g/mol. The van der Waals surface area contributed by atoms with Crippen LogP contribution in [0.3, 0.4) is 0 Å². The average Bonchev–Trinajstić information content (AvgIpc) is 3.37. The molecule has 0 saturated carbocycles. The lowest BCUT2D eigenvalue weighted by Crippen LogP contribution is -2.14. The summed E-state index contributed by atoms with van der Waals surface area (Å²) in [5.74, 6) is 0.215. The minimum Gasteiger partial charge on any atom is -0.346 e. The molecule has 0 spiro atoms. The number of aromatic amines is 1. The second kappa shape index (κ2) is 8.02. The van der Waals surface area contributed by atoms with Crippen molar-refractivity contribution in [2.75, 3.05) is 5.75 Å². The molecule has 3 heterocycles. The summed E-state index contributed by atoms with van der Waals surface area (Å²) in [5.41, 5.74) is 3.41. The number of nitrogens with zero attached hydrogens (tertiary/aromatic N) is 4. The molecule has 1 aromatic carbocycles. The summed E-state index contributed by atoms with van der Waals surface area (Å²) in [4.78, 5) is 12.1. The second-order valence-electron chi connectivity index (χ2n) is 7.84. The van der Waals surface area contributed by atoms with Gasteiger partial charge in [0.05, 0.1) is 28.6 Å². The molecular weight excluding hydrogens is 398 g/mol. The molecule has 0 aliphatic carbocycles. The van der Waals surface area contributed by atoms with Crippen molar-refractivity contribution < 1.29 is 8.42 Å². The van der Waals surface area contributed by atoms with Gasteiger partial charge >= 0.3 is 0 Å². The molecular formula is C22H25N5O2S. The fourth-order valence-electron chi connectivity index (χ4n) is 3.76. The first-order chi connectivity index (χ1) is 14.4. The van der Waals surface area contributed by atoms with Gasteiger partial charge in [0, 0.05) is 23.3 Å². The Hall–Kier alpha value is -3.00. The molecule has 1 N–H and O–H groups in total. The molecule has 7 nitrogen and oxygen atoms in total. The highest BCUT2D eigenvalue weighted by Crippen LogP contribution is 2.29. The molecule has 0 aliphatic heterocycles. The van der Waals surface area contributed by atoms with Crippen LogP contribution >= 0.6 is 0 Å². The lowest BCUT2D eigenvalue weighted by atomic mass is 10.0. The summed E-state index contributed by atoms with van der Waals surface area (Å²) in [6, 6.07) is 9.09.